The van der Waals surface area contributed by atoms with E-state index in [0.29, 0.717) is 28.7 Å². The van der Waals surface area contributed by atoms with Crippen molar-refractivity contribution >= 4 is 10.0 Å². The van der Waals surface area contributed by atoms with E-state index in [0.717, 1.165) is 44.9 Å². The standard InChI is InChI=1S/C19H26N4O3S/c1-14-6-2-5-13-23(14)27(24,25)16-9-7-15(8-10-16)17-21-18(22-26-17)19(20)11-3-4-12-19/h7-10,14H,2-6,11-13,20H2,1H3. The number of aromatic nitrogens is 2. The lowest BCUT2D eigenvalue weighted by Crippen LogP contribution is -2.41. The van der Waals surface area contributed by atoms with Gasteiger partial charge in [-0.15, -0.1) is 0 Å². The van der Waals surface area contributed by atoms with Crippen molar-refractivity contribution in [3.05, 3.63) is 30.1 Å². The summed E-state index contributed by atoms with van der Waals surface area (Å²) in [6, 6.07) is 6.70. The molecule has 2 fully saturated rings. The third-order valence-corrected chi connectivity index (χ3v) is 7.84. The molecule has 146 valence electrons. The third kappa shape index (κ3) is 3.41. The summed E-state index contributed by atoms with van der Waals surface area (Å²) in [5.74, 6) is 0.908. The second kappa shape index (κ2) is 7.00. The van der Waals surface area contributed by atoms with Crippen molar-refractivity contribution in [1.29, 1.82) is 0 Å². The molecule has 4 rings (SSSR count). The maximum atomic E-state index is 12.9. The van der Waals surface area contributed by atoms with Crippen LogP contribution in [0.25, 0.3) is 11.5 Å². The summed E-state index contributed by atoms with van der Waals surface area (Å²) in [7, 11) is -3.48. The summed E-state index contributed by atoms with van der Waals surface area (Å²) in [4.78, 5) is 4.76. The van der Waals surface area contributed by atoms with Gasteiger partial charge in [0, 0.05) is 18.2 Å². The van der Waals surface area contributed by atoms with E-state index >= 15 is 0 Å². The molecule has 1 saturated carbocycles. The van der Waals surface area contributed by atoms with E-state index in [2.05, 4.69) is 10.1 Å². The molecule has 1 saturated heterocycles. The summed E-state index contributed by atoms with van der Waals surface area (Å²) in [5, 5.41) is 4.06. The number of hydrogen-bond acceptors (Lipinski definition) is 6. The van der Waals surface area contributed by atoms with Crippen LogP contribution in [0.15, 0.2) is 33.7 Å². The van der Waals surface area contributed by atoms with Gasteiger partial charge in [0.1, 0.15) is 0 Å². The highest BCUT2D eigenvalue weighted by molar-refractivity contribution is 7.89. The minimum atomic E-state index is -3.48. The van der Waals surface area contributed by atoms with Crippen molar-refractivity contribution in [2.24, 2.45) is 5.73 Å². The third-order valence-electron chi connectivity index (χ3n) is 5.82. The van der Waals surface area contributed by atoms with Crippen LogP contribution < -0.4 is 5.73 Å². The molecule has 1 aromatic carbocycles. The zero-order valence-electron chi connectivity index (χ0n) is 15.6. The quantitative estimate of drug-likeness (QED) is 0.861. The molecule has 1 atom stereocenters. The van der Waals surface area contributed by atoms with E-state index in [-0.39, 0.29) is 6.04 Å². The molecule has 1 aliphatic heterocycles. The highest BCUT2D eigenvalue weighted by Crippen LogP contribution is 2.35. The molecular formula is C19H26N4O3S. The van der Waals surface area contributed by atoms with E-state index in [9.17, 15) is 8.42 Å². The molecule has 1 aliphatic carbocycles. The average Bonchev–Trinajstić information content (AvgIpc) is 3.32. The highest BCUT2D eigenvalue weighted by Gasteiger charge is 2.36. The van der Waals surface area contributed by atoms with Crippen molar-refractivity contribution in [3.63, 3.8) is 0 Å². The Bertz CT molecular complexity index is 901. The molecule has 7 nitrogen and oxygen atoms in total. The first-order valence-electron chi connectivity index (χ1n) is 9.65. The predicted octanol–water partition coefficient (Wildman–Crippen LogP) is 3.03. The topological polar surface area (TPSA) is 102 Å². The second-order valence-corrected chi connectivity index (χ2v) is 9.66. The van der Waals surface area contributed by atoms with E-state index in [1.54, 1.807) is 28.6 Å². The lowest BCUT2D eigenvalue weighted by molar-refractivity contribution is 0.268. The number of nitrogens with two attached hydrogens (primary N) is 1. The molecule has 0 amide bonds. The molecule has 8 heteroatoms. The Morgan fingerprint density at radius 3 is 2.52 bits per heavy atom. The molecule has 1 aromatic heterocycles. The number of hydrogen-bond donors (Lipinski definition) is 1. The SMILES string of the molecule is CC1CCCCN1S(=O)(=O)c1ccc(-c2nc(C3(N)CCCC3)no2)cc1. The van der Waals surface area contributed by atoms with Gasteiger partial charge in [0.2, 0.25) is 10.0 Å². The second-order valence-electron chi connectivity index (χ2n) is 7.77. The van der Waals surface area contributed by atoms with Gasteiger partial charge >= 0.3 is 0 Å². The average molecular weight is 391 g/mol. The number of rotatable bonds is 4. The van der Waals surface area contributed by atoms with Crippen LogP contribution in [-0.2, 0) is 15.6 Å². The minimum absolute atomic E-state index is 0.0362. The van der Waals surface area contributed by atoms with Gasteiger partial charge in [0.15, 0.2) is 5.82 Å². The molecule has 0 radical (unpaired) electrons. The zero-order chi connectivity index (χ0) is 19.1. The first-order valence-corrected chi connectivity index (χ1v) is 11.1. The van der Waals surface area contributed by atoms with Crippen LogP contribution in [0, 0.1) is 0 Å². The molecule has 27 heavy (non-hydrogen) atoms. The number of piperidine rings is 1. The van der Waals surface area contributed by atoms with Crippen LogP contribution >= 0.6 is 0 Å². The van der Waals surface area contributed by atoms with E-state index < -0.39 is 15.6 Å². The van der Waals surface area contributed by atoms with Crippen LogP contribution in [-0.4, -0.2) is 35.5 Å². The maximum absolute atomic E-state index is 12.9. The van der Waals surface area contributed by atoms with E-state index in [4.69, 9.17) is 10.3 Å². The van der Waals surface area contributed by atoms with E-state index in [1.807, 2.05) is 6.92 Å². The van der Waals surface area contributed by atoms with Crippen molar-refractivity contribution < 1.29 is 12.9 Å². The fourth-order valence-electron chi connectivity index (χ4n) is 4.11. The Morgan fingerprint density at radius 1 is 1.15 bits per heavy atom. The van der Waals surface area contributed by atoms with Gasteiger partial charge in [-0.1, -0.05) is 24.4 Å². The Hall–Kier alpha value is -1.77. The van der Waals surface area contributed by atoms with Crippen molar-refractivity contribution in [2.75, 3.05) is 6.54 Å². The van der Waals surface area contributed by atoms with Crippen molar-refractivity contribution in [2.45, 2.75) is 68.3 Å². The van der Waals surface area contributed by atoms with Gasteiger partial charge in [-0.25, -0.2) is 8.42 Å². The molecule has 1 unspecified atom stereocenters. The number of nitrogens with zero attached hydrogens (tertiary/aromatic N) is 3. The van der Waals surface area contributed by atoms with Gasteiger partial charge < -0.3 is 10.3 Å². The Kier molecular flexibility index (Phi) is 4.82. The largest absolute Gasteiger partial charge is 0.334 e. The summed E-state index contributed by atoms with van der Waals surface area (Å²) in [5.41, 5.74) is 6.57. The summed E-state index contributed by atoms with van der Waals surface area (Å²) in [6.07, 6.45) is 6.75. The molecular weight excluding hydrogens is 364 g/mol. The Labute approximate surface area is 160 Å². The summed E-state index contributed by atoms with van der Waals surface area (Å²) >= 11 is 0. The van der Waals surface area contributed by atoms with Crippen LogP contribution in [0.5, 0.6) is 0 Å². The first-order chi connectivity index (χ1) is 12.9. The first kappa shape index (κ1) is 18.6. The fraction of sp³-hybridized carbons (Fsp3) is 0.579. The van der Waals surface area contributed by atoms with Gasteiger partial charge in [0.25, 0.3) is 5.89 Å². The minimum Gasteiger partial charge on any atom is -0.334 e. The van der Waals surface area contributed by atoms with Crippen molar-refractivity contribution in [1.82, 2.24) is 14.4 Å². The van der Waals surface area contributed by atoms with Crippen molar-refractivity contribution in [3.8, 4) is 11.5 Å². The fourth-order valence-corrected chi connectivity index (χ4v) is 5.81. The van der Waals surface area contributed by atoms with Gasteiger partial charge in [-0.3, -0.25) is 0 Å². The number of sulfonamides is 1. The molecule has 0 spiro atoms. The van der Waals surface area contributed by atoms with Crippen LogP contribution in [0.4, 0.5) is 0 Å². The maximum Gasteiger partial charge on any atom is 0.257 e. The zero-order valence-corrected chi connectivity index (χ0v) is 16.4. The smallest absolute Gasteiger partial charge is 0.257 e. The molecule has 2 aromatic rings. The van der Waals surface area contributed by atoms with E-state index in [1.165, 1.54) is 0 Å². The van der Waals surface area contributed by atoms with Gasteiger partial charge in [-0.2, -0.15) is 9.29 Å². The lowest BCUT2D eigenvalue weighted by atomic mass is 9.99. The summed E-state index contributed by atoms with van der Waals surface area (Å²) < 4.78 is 32.8. The molecule has 2 N–H and O–H groups in total. The van der Waals surface area contributed by atoms with Crippen LogP contribution in [0.2, 0.25) is 0 Å². The lowest BCUT2D eigenvalue weighted by Gasteiger charge is -2.32. The van der Waals surface area contributed by atoms with Crippen LogP contribution in [0.3, 0.4) is 0 Å². The predicted molar refractivity (Wildman–Crippen MR) is 101 cm³/mol. The summed E-state index contributed by atoms with van der Waals surface area (Å²) in [6.45, 7) is 2.55. The van der Waals surface area contributed by atoms with Crippen LogP contribution in [0.1, 0.15) is 57.7 Å². The van der Waals surface area contributed by atoms with Gasteiger partial charge in [0.05, 0.1) is 10.4 Å². The molecule has 2 heterocycles. The number of benzene rings is 1. The normalized spacial score (nSPS) is 23.6. The molecule has 0 bridgehead atoms. The Balaban J connectivity index is 1.57. The highest BCUT2D eigenvalue weighted by atomic mass is 32.2. The Morgan fingerprint density at radius 2 is 1.85 bits per heavy atom. The van der Waals surface area contributed by atoms with Gasteiger partial charge in [-0.05, 0) is 56.9 Å². The molecule has 2 aliphatic rings. The monoisotopic (exact) mass is 390 g/mol.